The molecule has 0 saturated heterocycles. The first-order valence-electron chi connectivity index (χ1n) is 26.1. The van der Waals surface area contributed by atoms with E-state index in [0.717, 1.165) is 57.8 Å². The third-order valence-electron chi connectivity index (χ3n) is 11.1. The molecule has 0 atom stereocenters. The van der Waals surface area contributed by atoms with Crippen LogP contribution in [0.2, 0.25) is 0 Å². The van der Waals surface area contributed by atoms with Gasteiger partial charge in [-0.2, -0.15) is 0 Å². The predicted octanol–water partition coefficient (Wildman–Crippen LogP) is 16.5. The van der Waals surface area contributed by atoms with E-state index in [1.807, 2.05) is 0 Å². The Morgan fingerprint density at radius 3 is 0.567 bits per heavy atom. The number of nitrogens with two attached hydrogens (primary N) is 3. The summed E-state index contributed by atoms with van der Waals surface area (Å²) in [4.78, 5) is 31.6. The number of amides is 3. The first kappa shape index (κ1) is 61.9. The van der Waals surface area contributed by atoms with Crippen molar-refractivity contribution in [3.8, 4) is 0 Å². The lowest BCUT2D eigenvalue weighted by molar-refractivity contribution is -0.119. The molecule has 60 heavy (non-hydrogen) atoms. The fourth-order valence-electron chi connectivity index (χ4n) is 7.11. The van der Waals surface area contributed by atoms with E-state index in [-0.39, 0.29) is 17.7 Å². The van der Waals surface area contributed by atoms with Crippen molar-refractivity contribution in [2.24, 2.45) is 17.2 Å². The summed E-state index contributed by atoms with van der Waals surface area (Å²) in [6.45, 7) is 6.81. The highest BCUT2D eigenvalue weighted by molar-refractivity contribution is 5.74. The first-order valence-corrected chi connectivity index (χ1v) is 26.1. The fraction of sp³-hybridized carbons (Fsp3) is 0.833. The molecule has 0 aromatic carbocycles. The second-order valence-electron chi connectivity index (χ2n) is 17.4. The fourth-order valence-corrected chi connectivity index (χ4v) is 7.11. The largest absolute Gasteiger partial charge is 0.370 e. The molecule has 0 unspecified atom stereocenters. The van der Waals surface area contributed by atoms with Gasteiger partial charge in [0, 0.05) is 19.3 Å². The van der Waals surface area contributed by atoms with E-state index < -0.39 is 0 Å². The van der Waals surface area contributed by atoms with Crippen LogP contribution < -0.4 is 17.2 Å². The van der Waals surface area contributed by atoms with Crippen molar-refractivity contribution >= 4 is 17.7 Å². The first-order chi connectivity index (χ1) is 29.3. The maximum atomic E-state index is 10.5. The van der Waals surface area contributed by atoms with Gasteiger partial charge in [0.05, 0.1) is 0 Å². The Labute approximate surface area is 375 Å². The number of allylic oxidation sites excluding steroid dienone is 6. The number of rotatable bonds is 45. The Kier molecular flexibility index (Phi) is 60.6. The molecule has 0 aliphatic heterocycles. The number of hydrogen-bond acceptors (Lipinski definition) is 3. The lowest BCUT2D eigenvalue weighted by Gasteiger charge is -2.00. The van der Waals surface area contributed by atoms with Crippen molar-refractivity contribution in [1.82, 2.24) is 0 Å². The van der Waals surface area contributed by atoms with Crippen LogP contribution in [0.25, 0.3) is 0 Å². The highest BCUT2D eigenvalue weighted by Gasteiger charge is 1.96. The van der Waals surface area contributed by atoms with E-state index in [4.69, 9.17) is 17.2 Å². The number of hydrogen-bond donors (Lipinski definition) is 3. The van der Waals surface area contributed by atoms with Gasteiger partial charge in [-0.1, -0.05) is 211 Å². The van der Waals surface area contributed by atoms with E-state index in [1.54, 1.807) is 0 Å². The van der Waals surface area contributed by atoms with Crippen LogP contribution in [-0.4, -0.2) is 17.7 Å². The summed E-state index contributed by atoms with van der Waals surface area (Å²) < 4.78 is 0. The van der Waals surface area contributed by atoms with Crippen LogP contribution in [0.15, 0.2) is 36.5 Å². The summed E-state index contributed by atoms with van der Waals surface area (Å²) in [5.74, 6) is -0.531. The lowest BCUT2D eigenvalue weighted by atomic mass is 10.1. The van der Waals surface area contributed by atoms with Crippen molar-refractivity contribution in [2.75, 3.05) is 0 Å². The van der Waals surface area contributed by atoms with Gasteiger partial charge in [0.2, 0.25) is 17.7 Å². The molecule has 0 aromatic rings. The molecule has 0 heterocycles. The van der Waals surface area contributed by atoms with Crippen LogP contribution >= 0.6 is 0 Å². The van der Waals surface area contributed by atoms with Crippen LogP contribution in [0.1, 0.15) is 290 Å². The van der Waals surface area contributed by atoms with Gasteiger partial charge in [-0.15, -0.1) is 0 Å². The summed E-state index contributed by atoms with van der Waals surface area (Å²) in [6.07, 6.45) is 65.8. The van der Waals surface area contributed by atoms with Crippen molar-refractivity contribution in [3.05, 3.63) is 36.5 Å². The molecule has 0 bridgehead atoms. The molecule has 6 nitrogen and oxygen atoms in total. The van der Waals surface area contributed by atoms with Crippen LogP contribution in [0, 0.1) is 0 Å². The Balaban J connectivity index is -0.000000812. The van der Waals surface area contributed by atoms with Gasteiger partial charge in [-0.3, -0.25) is 14.4 Å². The minimum absolute atomic E-state index is 0.177. The summed E-state index contributed by atoms with van der Waals surface area (Å²) in [7, 11) is 0. The maximum absolute atomic E-state index is 10.5. The van der Waals surface area contributed by atoms with Crippen molar-refractivity contribution in [1.29, 1.82) is 0 Å². The van der Waals surface area contributed by atoms with Gasteiger partial charge in [-0.05, 0) is 96.3 Å². The van der Waals surface area contributed by atoms with Crippen molar-refractivity contribution < 1.29 is 14.4 Å². The molecule has 6 heteroatoms. The zero-order valence-electron chi connectivity index (χ0n) is 40.6. The molecule has 6 N–H and O–H groups in total. The lowest BCUT2D eigenvalue weighted by Crippen LogP contribution is -2.09. The molecule has 0 radical (unpaired) electrons. The summed E-state index contributed by atoms with van der Waals surface area (Å²) in [6, 6.07) is 0. The Hall–Kier alpha value is -2.37. The molecule has 0 spiro atoms. The minimum Gasteiger partial charge on any atom is -0.370 e. The zero-order chi connectivity index (χ0) is 44.7. The zero-order valence-corrected chi connectivity index (χ0v) is 40.6. The molecular weight excluding hydrogens is 739 g/mol. The van der Waals surface area contributed by atoms with E-state index in [0.29, 0.717) is 19.3 Å². The Morgan fingerprint density at radius 1 is 0.250 bits per heavy atom. The van der Waals surface area contributed by atoms with Gasteiger partial charge < -0.3 is 17.2 Å². The monoisotopic (exact) mass is 844 g/mol. The number of carbonyl (C=O) groups excluding carboxylic acids is 3. The van der Waals surface area contributed by atoms with Gasteiger partial charge in [0.1, 0.15) is 0 Å². The average molecular weight is 844 g/mol. The van der Waals surface area contributed by atoms with E-state index >= 15 is 0 Å². The summed E-state index contributed by atoms with van der Waals surface area (Å²) in [5.41, 5.74) is 15.3. The molecule has 0 aliphatic rings. The summed E-state index contributed by atoms with van der Waals surface area (Å²) >= 11 is 0. The quantitative estimate of drug-likeness (QED) is 0.0417. The van der Waals surface area contributed by atoms with Crippen LogP contribution in [0.3, 0.4) is 0 Å². The van der Waals surface area contributed by atoms with Crippen molar-refractivity contribution in [2.45, 2.75) is 290 Å². The SMILES string of the molecule is CCCCCCCCCCCC=CCCCCC(N)=O.CCCCCCCCCCCC=CCCCCC(N)=O.CCCCCCCCCCCC=CCCCCC(N)=O. The molecule has 0 rings (SSSR count). The van der Waals surface area contributed by atoms with Crippen LogP contribution in [0.4, 0.5) is 0 Å². The minimum atomic E-state index is -0.177. The number of carbonyl (C=O) groups is 3. The normalized spacial score (nSPS) is 11.2. The summed E-state index contributed by atoms with van der Waals surface area (Å²) in [5, 5.41) is 0. The Morgan fingerprint density at radius 2 is 0.400 bits per heavy atom. The van der Waals surface area contributed by atoms with Gasteiger partial charge in [-0.25, -0.2) is 0 Å². The highest BCUT2D eigenvalue weighted by atomic mass is 16.1. The molecule has 0 aromatic heterocycles. The molecule has 3 amide bonds. The Bertz CT molecular complexity index is 826. The second kappa shape index (κ2) is 58.7. The smallest absolute Gasteiger partial charge is 0.217 e. The predicted molar refractivity (Wildman–Crippen MR) is 266 cm³/mol. The molecule has 0 aliphatic carbocycles. The second-order valence-corrected chi connectivity index (χ2v) is 17.4. The average Bonchev–Trinajstić information content (AvgIpc) is 3.22. The topological polar surface area (TPSA) is 129 Å². The van der Waals surface area contributed by atoms with E-state index in [1.165, 1.54) is 193 Å². The standard InChI is InChI=1S/3C18H35NO/c3*1-2-3-4-5-6-7-8-9-10-11-12-13-14-15-16-17-18(19)20/h3*12-13H,2-11,14-17H2,1H3,(H2,19,20). The van der Waals surface area contributed by atoms with E-state index in [2.05, 4.69) is 57.2 Å². The van der Waals surface area contributed by atoms with E-state index in [9.17, 15) is 14.4 Å². The molecular formula is C54H105N3O3. The van der Waals surface area contributed by atoms with Gasteiger partial charge in [0.15, 0.2) is 0 Å². The van der Waals surface area contributed by atoms with Crippen molar-refractivity contribution in [3.63, 3.8) is 0 Å². The van der Waals surface area contributed by atoms with Crippen LogP contribution in [0.5, 0.6) is 0 Å². The third kappa shape index (κ3) is 70.2. The maximum Gasteiger partial charge on any atom is 0.217 e. The third-order valence-corrected chi connectivity index (χ3v) is 11.1. The molecule has 0 saturated carbocycles. The van der Waals surface area contributed by atoms with Gasteiger partial charge in [0.25, 0.3) is 0 Å². The number of primary amides is 3. The van der Waals surface area contributed by atoms with Crippen LogP contribution in [-0.2, 0) is 14.4 Å². The molecule has 354 valence electrons. The molecule has 0 fully saturated rings. The van der Waals surface area contributed by atoms with Gasteiger partial charge >= 0.3 is 0 Å². The number of unbranched alkanes of at least 4 members (excludes halogenated alkanes) is 33. The highest BCUT2D eigenvalue weighted by Crippen LogP contribution is 2.14.